The number of hydrogen-bond donors (Lipinski definition) is 1. The third-order valence-corrected chi connectivity index (χ3v) is 3.41. The summed E-state index contributed by atoms with van der Waals surface area (Å²) in [7, 11) is 0. The Labute approximate surface area is 101 Å². The van der Waals surface area contributed by atoms with Crippen LogP contribution < -0.4 is 5.73 Å². The summed E-state index contributed by atoms with van der Waals surface area (Å²) in [6.45, 7) is 0.620. The predicted molar refractivity (Wildman–Crippen MR) is 67.5 cm³/mol. The Bertz CT molecular complexity index is 658. The molecular formula is C12H10FN3S. The summed E-state index contributed by atoms with van der Waals surface area (Å²) in [4.78, 5) is 4.06. The highest BCUT2D eigenvalue weighted by Gasteiger charge is 2.11. The van der Waals surface area contributed by atoms with Gasteiger partial charge in [0.2, 0.25) is 5.95 Å². The van der Waals surface area contributed by atoms with Crippen molar-refractivity contribution in [3.8, 4) is 0 Å². The van der Waals surface area contributed by atoms with E-state index >= 15 is 0 Å². The number of anilines is 1. The first-order chi connectivity index (χ1) is 8.25. The zero-order valence-electron chi connectivity index (χ0n) is 8.93. The molecule has 0 aliphatic heterocycles. The van der Waals surface area contributed by atoms with Crippen molar-refractivity contribution in [1.82, 2.24) is 9.55 Å². The van der Waals surface area contributed by atoms with Crippen molar-refractivity contribution in [3.05, 3.63) is 46.4 Å². The molecule has 86 valence electrons. The van der Waals surface area contributed by atoms with Gasteiger partial charge in [-0.15, -0.1) is 0 Å². The van der Waals surface area contributed by atoms with E-state index in [1.807, 2.05) is 27.5 Å². The Balaban J connectivity index is 2.16. The quantitative estimate of drug-likeness (QED) is 0.756. The van der Waals surface area contributed by atoms with Crippen molar-refractivity contribution in [3.63, 3.8) is 0 Å². The lowest BCUT2D eigenvalue weighted by molar-refractivity contribution is 0.637. The molecule has 0 amide bonds. The predicted octanol–water partition coefficient (Wildman–Crippen LogP) is 2.87. The van der Waals surface area contributed by atoms with E-state index in [-0.39, 0.29) is 5.82 Å². The summed E-state index contributed by atoms with van der Waals surface area (Å²) < 4.78 is 15.3. The second kappa shape index (κ2) is 3.85. The van der Waals surface area contributed by atoms with Crippen molar-refractivity contribution in [2.45, 2.75) is 6.54 Å². The first-order valence-electron chi connectivity index (χ1n) is 5.17. The lowest BCUT2D eigenvalue weighted by Gasteiger charge is -2.04. The van der Waals surface area contributed by atoms with Gasteiger partial charge in [-0.05, 0) is 34.5 Å². The van der Waals surface area contributed by atoms with Crippen LogP contribution in [-0.2, 0) is 6.54 Å². The number of thiophene rings is 1. The Morgan fingerprint density at radius 3 is 3.00 bits per heavy atom. The molecule has 3 aromatic rings. The van der Waals surface area contributed by atoms with E-state index in [0.717, 1.165) is 11.1 Å². The minimum atomic E-state index is -0.335. The lowest BCUT2D eigenvalue weighted by atomic mass is 10.3. The fourth-order valence-electron chi connectivity index (χ4n) is 1.86. The second-order valence-corrected chi connectivity index (χ2v) is 4.58. The number of para-hydroxylation sites is 1. The van der Waals surface area contributed by atoms with Crippen LogP contribution in [0.2, 0.25) is 0 Å². The maximum absolute atomic E-state index is 13.5. The van der Waals surface area contributed by atoms with Gasteiger partial charge in [-0.2, -0.15) is 11.3 Å². The topological polar surface area (TPSA) is 43.8 Å². The number of rotatable bonds is 2. The number of aromatic nitrogens is 2. The number of benzene rings is 1. The van der Waals surface area contributed by atoms with Crippen LogP contribution in [0.4, 0.5) is 10.3 Å². The molecule has 5 heteroatoms. The highest BCUT2D eigenvalue weighted by Crippen LogP contribution is 2.22. The van der Waals surface area contributed by atoms with Crippen LogP contribution >= 0.6 is 11.3 Å². The normalized spacial score (nSPS) is 11.1. The zero-order valence-corrected chi connectivity index (χ0v) is 9.75. The maximum Gasteiger partial charge on any atom is 0.201 e. The molecule has 0 spiro atoms. The van der Waals surface area contributed by atoms with Gasteiger partial charge in [-0.3, -0.25) is 0 Å². The molecule has 2 N–H and O–H groups in total. The summed E-state index contributed by atoms with van der Waals surface area (Å²) in [5.41, 5.74) is 8.03. The number of nitrogens with two attached hydrogens (primary N) is 1. The molecule has 0 saturated heterocycles. The number of halogens is 1. The minimum Gasteiger partial charge on any atom is -0.369 e. The van der Waals surface area contributed by atoms with Crippen molar-refractivity contribution in [2.75, 3.05) is 5.73 Å². The summed E-state index contributed by atoms with van der Waals surface area (Å²) in [6.07, 6.45) is 0. The summed E-state index contributed by atoms with van der Waals surface area (Å²) in [5, 5.41) is 4.05. The van der Waals surface area contributed by atoms with E-state index in [1.54, 1.807) is 17.4 Å². The molecule has 3 rings (SSSR count). The molecule has 17 heavy (non-hydrogen) atoms. The number of imidazole rings is 1. The van der Waals surface area contributed by atoms with E-state index in [9.17, 15) is 4.39 Å². The smallest absolute Gasteiger partial charge is 0.201 e. The van der Waals surface area contributed by atoms with Crippen LogP contribution in [0, 0.1) is 5.82 Å². The van der Waals surface area contributed by atoms with Crippen molar-refractivity contribution in [2.24, 2.45) is 0 Å². The highest BCUT2D eigenvalue weighted by molar-refractivity contribution is 7.07. The highest BCUT2D eigenvalue weighted by atomic mass is 32.1. The van der Waals surface area contributed by atoms with Crippen LogP contribution in [0.25, 0.3) is 11.0 Å². The van der Waals surface area contributed by atoms with Crippen LogP contribution in [-0.4, -0.2) is 9.55 Å². The molecular weight excluding hydrogens is 237 g/mol. The van der Waals surface area contributed by atoms with E-state index in [1.165, 1.54) is 6.07 Å². The van der Waals surface area contributed by atoms with Gasteiger partial charge in [0.15, 0.2) is 5.82 Å². The van der Waals surface area contributed by atoms with Gasteiger partial charge in [0.25, 0.3) is 0 Å². The van der Waals surface area contributed by atoms with Crippen molar-refractivity contribution >= 4 is 28.3 Å². The fourth-order valence-corrected chi connectivity index (χ4v) is 2.52. The number of nitrogen functional groups attached to an aromatic ring is 1. The van der Waals surface area contributed by atoms with Crippen LogP contribution in [0.15, 0.2) is 35.0 Å². The fraction of sp³-hybridized carbons (Fsp3) is 0.0833. The SMILES string of the molecule is Nc1nc2c(F)cccc2n1Cc1ccsc1. The van der Waals surface area contributed by atoms with Crippen LogP contribution in [0.3, 0.4) is 0 Å². The van der Waals surface area contributed by atoms with Gasteiger partial charge >= 0.3 is 0 Å². The van der Waals surface area contributed by atoms with Gasteiger partial charge in [0, 0.05) is 0 Å². The van der Waals surface area contributed by atoms with Crippen molar-refractivity contribution in [1.29, 1.82) is 0 Å². The molecule has 0 fully saturated rings. The van der Waals surface area contributed by atoms with Gasteiger partial charge < -0.3 is 10.3 Å². The molecule has 0 aliphatic rings. The third-order valence-electron chi connectivity index (χ3n) is 2.68. The van der Waals surface area contributed by atoms with E-state index < -0.39 is 0 Å². The number of fused-ring (bicyclic) bond motifs is 1. The average molecular weight is 247 g/mol. The molecule has 0 unspecified atom stereocenters. The molecule has 0 bridgehead atoms. The summed E-state index contributed by atoms with van der Waals surface area (Å²) >= 11 is 1.63. The van der Waals surface area contributed by atoms with Crippen LogP contribution in [0.5, 0.6) is 0 Å². The maximum atomic E-state index is 13.5. The van der Waals surface area contributed by atoms with Gasteiger partial charge in [-0.25, -0.2) is 9.37 Å². The molecule has 0 saturated carbocycles. The minimum absolute atomic E-state index is 0.334. The second-order valence-electron chi connectivity index (χ2n) is 3.80. The van der Waals surface area contributed by atoms with E-state index in [4.69, 9.17) is 5.73 Å². The Kier molecular flexibility index (Phi) is 2.33. The molecule has 1 aromatic carbocycles. The Morgan fingerprint density at radius 1 is 1.35 bits per heavy atom. The van der Waals surface area contributed by atoms with Crippen molar-refractivity contribution < 1.29 is 4.39 Å². The van der Waals surface area contributed by atoms with Gasteiger partial charge in [-0.1, -0.05) is 6.07 Å². The summed E-state index contributed by atoms with van der Waals surface area (Å²) in [5.74, 6) is 0.00886. The largest absolute Gasteiger partial charge is 0.369 e. The third kappa shape index (κ3) is 1.68. The zero-order chi connectivity index (χ0) is 11.8. The molecule has 2 aromatic heterocycles. The number of hydrogen-bond acceptors (Lipinski definition) is 3. The molecule has 3 nitrogen and oxygen atoms in total. The Morgan fingerprint density at radius 2 is 2.24 bits per heavy atom. The first-order valence-corrected chi connectivity index (χ1v) is 6.11. The average Bonchev–Trinajstić information content (AvgIpc) is 2.91. The van der Waals surface area contributed by atoms with E-state index in [2.05, 4.69) is 4.98 Å². The molecule has 0 aliphatic carbocycles. The lowest BCUT2D eigenvalue weighted by Crippen LogP contribution is -2.03. The molecule has 2 heterocycles. The van der Waals surface area contributed by atoms with E-state index in [0.29, 0.717) is 18.0 Å². The molecule has 0 radical (unpaired) electrons. The van der Waals surface area contributed by atoms with Gasteiger partial charge in [0.1, 0.15) is 5.52 Å². The standard InChI is InChI=1S/C12H10FN3S/c13-9-2-1-3-10-11(9)15-12(14)16(10)6-8-4-5-17-7-8/h1-5,7H,6H2,(H2,14,15). The van der Waals surface area contributed by atoms with Gasteiger partial charge in [0.05, 0.1) is 12.1 Å². The monoisotopic (exact) mass is 247 g/mol. The summed E-state index contributed by atoms with van der Waals surface area (Å²) in [6, 6.07) is 6.91. The van der Waals surface area contributed by atoms with Crippen LogP contribution in [0.1, 0.15) is 5.56 Å². The Hall–Kier alpha value is -1.88. The molecule has 0 atom stereocenters. The first kappa shape index (κ1) is 10.3. The number of nitrogens with zero attached hydrogens (tertiary/aromatic N) is 2.